The summed E-state index contributed by atoms with van der Waals surface area (Å²) in [5, 5.41) is 24.4. The largest absolute Gasteiger partial charge is 0.387 e. The van der Waals surface area contributed by atoms with Gasteiger partial charge < -0.3 is 44.4 Å². The normalized spacial score (nSPS) is 34.2. The lowest BCUT2D eigenvalue weighted by molar-refractivity contribution is -0.0483. The Labute approximate surface area is 210 Å². The van der Waals surface area contributed by atoms with Crippen LogP contribution in [0.1, 0.15) is 19.1 Å². The Morgan fingerprint density at radius 2 is 1.89 bits per heavy atom. The summed E-state index contributed by atoms with van der Waals surface area (Å²) in [6, 6.07) is 0.172. The molecule has 18 heteroatoms. The van der Waals surface area contributed by atoms with Gasteiger partial charge in [-0.1, -0.05) is 0 Å². The molecule has 6 atom stereocenters. The van der Waals surface area contributed by atoms with E-state index < -0.39 is 52.2 Å². The summed E-state index contributed by atoms with van der Waals surface area (Å²) in [7, 11) is -9.49. The first-order valence-electron chi connectivity index (χ1n) is 11.3. The third kappa shape index (κ3) is 5.47. The van der Waals surface area contributed by atoms with Crippen molar-refractivity contribution in [3.63, 3.8) is 0 Å². The quantitative estimate of drug-likeness (QED) is 0.182. The molecule has 0 saturated carbocycles. The molecule has 36 heavy (non-hydrogen) atoms. The third-order valence-corrected chi connectivity index (χ3v) is 10.4. The molecule has 0 radical (unpaired) electrons. The molecule has 6 N–H and O–H groups in total. The van der Waals surface area contributed by atoms with Crippen LogP contribution in [0.5, 0.6) is 0 Å². The first-order chi connectivity index (χ1) is 16.9. The van der Waals surface area contributed by atoms with Gasteiger partial charge in [0, 0.05) is 12.6 Å². The zero-order chi connectivity index (χ0) is 25.8. The van der Waals surface area contributed by atoms with Crippen LogP contribution in [-0.2, 0) is 18.4 Å². The number of nitrogens with one attached hydrogen (secondary N) is 1. The van der Waals surface area contributed by atoms with Crippen molar-refractivity contribution in [3.8, 4) is 0 Å². The van der Waals surface area contributed by atoms with E-state index in [1.54, 1.807) is 0 Å². The Balaban J connectivity index is 1.34. The Morgan fingerprint density at radius 1 is 1.17 bits per heavy atom. The summed E-state index contributed by atoms with van der Waals surface area (Å²) >= 11 is 6.19. The van der Waals surface area contributed by atoms with Gasteiger partial charge in [-0.25, -0.2) is 4.98 Å². The van der Waals surface area contributed by atoms with E-state index >= 15 is 0 Å². The monoisotopic (exact) mass is 568 g/mol. The zero-order valence-corrected chi connectivity index (χ0v) is 21.4. The van der Waals surface area contributed by atoms with Crippen LogP contribution >= 0.6 is 26.8 Å². The van der Waals surface area contributed by atoms with Crippen LogP contribution in [-0.4, -0.2) is 106 Å². The molecule has 6 rings (SSSR count). The van der Waals surface area contributed by atoms with Crippen molar-refractivity contribution in [1.29, 1.82) is 0 Å². The fourth-order valence-electron chi connectivity index (χ4n) is 5.04. The SMILES string of the molecule is O=P(O)(O)CP(=O)(O)OC[C@H]1O[C@@H](n2cnc3c(NC4CN5CCC4CC5)nc(Cl)nc32)[C@@H](O)[C@H]1O. The molecular formula is C18H27ClN6O9P2. The second-order valence-electron chi connectivity index (χ2n) is 9.34. The smallest absolute Gasteiger partial charge is 0.340 e. The molecule has 2 bridgehead atoms. The Bertz CT molecular complexity index is 1220. The van der Waals surface area contributed by atoms with Gasteiger partial charge in [-0.2, -0.15) is 9.97 Å². The van der Waals surface area contributed by atoms with Crippen LogP contribution < -0.4 is 5.32 Å². The van der Waals surface area contributed by atoms with Crippen LogP contribution in [0.3, 0.4) is 0 Å². The molecule has 2 aromatic heterocycles. The number of hydrogen-bond donors (Lipinski definition) is 6. The summed E-state index contributed by atoms with van der Waals surface area (Å²) in [5.74, 6) is -0.440. The number of imidazole rings is 1. The van der Waals surface area contributed by atoms with Crippen molar-refractivity contribution >= 4 is 43.8 Å². The van der Waals surface area contributed by atoms with E-state index in [0.717, 1.165) is 32.5 Å². The minimum Gasteiger partial charge on any atom is -0.387 e. The van der Waals surface area contributed by atoms with Gasteiger partial charge in [-0.3, -0.25) is 13.7 Å². The number of rotatable bonds is 8. The van der Waals surface area contributed by atoms with E-state index in [4.69, 9.17) is 30.6 Å². The van der Waals surface area contributed by atoms with Crippen LogP contribution in [0.15, 0.2) is 6.33 Å². The topological polar surface area (TPSA) is 213 Å². The maximum atomic E-state index is 11.9. The lowest BCUT2D eigenvalue weighted by atomic mass is 9.84. The molecule has 6 heterocycles. The highest BCUT2D eigenvalue weighted by Gasteiger charge is 2.46. The third-order valence-electron chi connectivity index (χ3n) is 6.79. The Kier molecular flexibility index (Phi) is 7.20. The summed E-state index contributed by atoms with van der Waals surface area (Å²) < 4.78 is 34.7. The minimum absolute atomic E-state index is 0.0559. The summed E-state index contributed by atoms with van der Waals surface area (Å²) in [5.41, 5.74) is 0.633. The molecule has 200 valence electrons. The van der Waals surface area contributed by atoms with Gasteiger partial charge in [0.15, 0.2) is 29.1 Å². The van der Waals surface area contributed by atoms with Crippen LogP contribution in [0.25, 0.3) is 11.2 Å². The number of fused-ring (bicyclic) bond motifs is 4. The molecule has 4 fully saturated rings. The van der Waals surface area contributed by atoms with Gasteiger partial charge in [0.25, 0.3) is 0 Å². The molecule has 0 aliphatic carbocycles. The zero-order valence-electron chi connectivity index (χ0n) is 18.9. The average Bonchev–Trinajstić information content (AvgIpc) is 3.33. The van der Waals surface area contributed by atoms with Gasteiger partial charge in [0.1, 0.15) is 18.3 Å². The van der Waals surface area contributed by atoms with Crippen molar-refractivity contribution in [1.82, 2.24) is 24.4 Å². The van der Waals surface area contributed by atoms with Crippen molar-refractivity contribution < 1.29 is 43.3 Å². The number of halogens is 1. The Hall–Kier alpha value is -1.22. The summed E-state index contributed by atoms with van der Waals surface area (Å²) in [4.78, 5) is 42.8. The molecular weight excluding hydrogens is 542 g/mol. The molecule has 15 nitrogen and oxygen atoms in total. The highest BCUT2D eigenvalue weighted by molar-refractivity contribution is 7.70. The highest BCUT2D eigenvalue weighted by atomic mass is 35.5. The van der Waals surface area contributed by atoms with E-state index in [1.165, 1.54) is 10.9 Å². The molecule has 4 saturated heterocycles. The molecule has 0 amide bonds. The van der Waals surface area contributed by atoms with Crippen molar-refractivity contribution in [2.45, 2.75) is 43.4 Å². The van der Waals surface area contributed by atoms with Crippen LogP contribution in [0, 0.1) is 5.92 Å². The van der Waals surface area contributed by atoms with E-state index in [2.05, 4.69) is 25.2 Å². The molecule has 2 aromatic rings. The molecule has 0 aromatic carbocycles. The van der Waals surface area contributed by atoms with Crippen molar-refractivity contribution in [2.75, 3.05) is 37.5 Å². The number of aliphatic hydroxyl groups excluding tert-OH is 2. The summed E-state index contributed by atoms with van der Waals surface area (Å²) in [6.45, 7) is 2.33. The average molecular weight is 569 g/mol. The fraction of sp³-hybridized carbons (Fsp3) is 0.722. The Morgan fingerprint density at radius 3 is 2.53 bits per heavy atom. The molecule has 4 aliphatic heterocycles. The van der Waals surface area contributed by atoms with Crippen LogP contribution in [0.4, 0.5) is 5.82 Å². The maximum Gasteiger partial charge on any atom is 0.340 e. The lowest BCUT2D eigenvalue weighted by Crippen LogP contribution is -2.53. The highest BCUT2D eigenvalue weighted by Crippen LogP contribution is 2.55. The number of nitrogens with zero attached hydrogens (tertiary/aromatic N) is 5. The van der Waals surface area contributed by atoms with E-state index in [9.17, 15) is 24.2 Å². The number of ether oxygens (including phenoxy) is 1. The number of aliphatic hydroxyl groups is 2. The standard InChI is InChI=1S/C18H27ClN6O9P2/c19-18-22-15(21-10-5-24-3-1-9(10)2-4-24)12-16(23-18)25(7-20-12)17-14(27)13(26)11(34-17)6-33-36(31,32)8-35(28,29)30/h7,9-11,13-14,17,26-27H,1-6,8H2,(H,31,32)(H,21,22,23)(H2,28,29,30)/t10?,11-,13+,14+,17-/m1/s1. The summed E-state index contributed by atoms with van der Waals surface area (Å²) in [6.07, 6.45) is -1.98. The number of aromatic nitrogens is 4. The van der Waals surface area contributed by atoms with Gasteiger partial charge >= 0.3 is 15.2 Å². The van der Waals surface area contributed by atoms with Gasteiger partial charge in [-0.05, 0) is 43.5 Å². The van der Waals surface area contributed by atoms with Crippen molar-refractivity contribution in [3.05, 3.63) is 11.6 Å². The minimum atomic E-state index is -4.82. The first-order valence-corrected chi connectivity index (χ1v) is 15.3. The predicted octanol–water partition coefficient (Wildman–Crippen LogP) is -0.0578. The maximum absolute atomic E-state index is 11.9. The van der Waals surface area contributed by atoms with Crippen LogP contribution in [0.2, 0.25) is 5.28 Å². The molecule has 4 aliphatic rings. The van der Waals surface area contributed by atoms with E-state index in [-0.39, 0.29) is 17.0 Å². The molecule has 0 spiro atoms. The second-order valence-corrected chi connectivity index (χ2v) is 13.7. The van der Waals surface area contributed by atoms with Gasteiger partial charge in [0.05, 0.1) is 12.9 Å². The van der Waals surface area contributed by atoms with Gasteiger partial charge in [0.2, 0.25) is 5.28 Å². The van der Waals surface area contributed by atoms with E-state index in [1.807, 2.05) is 0 Å². The van der Waals surface area contributed by atoms with Gasteiger partial charge in [-0.15, -0.1) is 0 Å². The number of hydrogen-bond acceptors (Lipinski definition) is 11. The fourth-order valence-corrected chi connectivity index (χ4v) is 7.77. The second kappa shape index (κ2) is 9.83. The van der Waals surface area contributed by atoms with Crippen molar-refractivity contribution in [2.24, 2.45) is 5.92 Å². The first kappa shape index (κ1) is 26.4. The van der Waals surface area contributed by atoms with E-state index in [0.29, 0.717) is 17.3 Å². The molecule has 2 unspecified atom stereocenters. The lowest BCUT2D eigenvalue weighted by Gasteiger charge is -2.45. The number of anilines is 1. The predicted molar refractivity (Wildman–Crippen MR) is 126 cm³/mol. The number of piperidine rings is 3.